The highest BCUT2D eigenvalue weighted by atomic mass is 32.1. The number of benzene rings is 2. The molecule has 4 heterocycles. The summed E-state index contributed by atoms with van der Waals surface area (Å²) in [5.74, 6) is 1.48. The van der Waals surface area contributed by atoms with Crippen molar-refractivity contribution in [1.82, 2.24) is 9.27 Å². The van der Waals surface area contributed by atoms with Gasteiger partial charge in [0.1, 0.15) is 5.69 Å². The zero-order chi connectivity index (χ0) is 17.5. The highest BCUT2D eigenvalue weighted by molar-refractivity contribution is 7.13. The van der Waals surface area contributed by atoms with Crippen LogP contribution in [0.4, 0.5) is 0 Å². The third-order valence-corrected chi connectivity index (χ3v) is 6.89. The predicted octanol–water partition coefficient (Wildman–Crippen LogP) is 4.88. The van der Waals surface area contributed by atoms with Crippen molar-refractivity contribution in [2.24, 2.45) is 11.8 Å². The fourth-order valence-electron chi connectivity index (χ4n) is 4.60. The SMILES string of the molecule is O=C(C[C@H]1CN2CCC1CC2)c1nsc2cc(-c3ccccc3)ccc12. The second kappa shape index (κ2) is 6.60. The largest absolute Gasteiger partial charge is 0.303 e. The van der Waals surface area contributed by atoms with Crippen molar-refractivity contribution in [3.63, 3.8) is 0 Å². The van der Waals surface area contributed by atoms with E-state index in [9.17, 15) is 4.79 Å². The second-order valence-electron chi connectivity index (χ2n) is 7.63. The minimum absolute atomic E-state index is 0.225. The van der Waals surface area contributed by atoms with Gasteiger partial charge in [-0.05, 0) is 66.5 Å². The molecule has 2 bridgehead atoms. The fourth-order valence-corrected chi connectivity index (χ4v) is 5.43. The standard InChI is InChI=1S/C22H22N2OS/c25-20(12-18-14-24-10-8-16(18)9-11-24)22-19-7-6-17(13-21(19)26-23-22)15-4-2-1-3-5-15/h1-7,13,16,18H,8-12,14H2/t18-/m0/s1. The lowest BCUT2D eigenvalue weighted by molar-refractivity contribution is 0.0440. The number of ketones is 1. The first-order chi connectivity index (χ1) is 12.8. The summed E-state index contributed by atoms with van der Waals surface area (Å²) in [4.78, 5) is 15.5. The van der Waals surface area contributed by atoms with E-state index >= 15 is 0 Å². The lowest BCUT2D eigenvalue weighted by Gasteiger charge is -2.44. The summed E-state index contributed by atoms with van der Waals surface area (Å²) < 4.78 is 5.64. The number of piperidine rings is 3. The third-order valence-electron chi connectivity index (χ3n) is 6.08. The topological polar surface area (TPSA) is 33.2 Å². The van der Waals surface area contributed by atoms with E-state index in [-0.39, 0.29) is 5.78 Å². The van der Waals surface area contributed by atoms with Crippen LogP contribution in [0.25, 0.3) is 21.2 Å². The Morgan fingerprint density at radius 2 is 1.88 bits per heavy atom. The van der Waals surface area contributed by atoms with Gasteiger partial charge in [0.05, 0.1) is 4.70 Å². The summed E-state index contributed by atoms with van der Waals surface area (Å²) in [6, 6.07) is 16.7. The van der Waals surface area contributed by atoms with Crippen LogP contribution in [0.1, 0.15) is 29.8 Å². The molecule has 1 atom stereocenters. The van der Waals surface area contributed by atoms with E-state index in [1.165, 1.54) is 48.6 Å². The molecule has 0 saturated carbocycles. The first-order valence-electron chi connectivity index (χ1n) is 9.48. The van der Waals surface area contributed by atoms with Crippen LogP contribution >= 0.6 is 11.5 Å². The number of carbonyl (C=O) groups excluding carboxylic acids is 1. The van der Waals surface area contributed by atoms with Gasteiger partial charge in [-0.2, -0.15) is 4.37 Å². The molecule has 6 rings (SSSR count). The van der Waals surface area contributed by atoms with E-state index < -0.39 is 0 Å². The number of Topliss-reactive ketones (excluding diaryl/α,β-unsaturated/α-hetero) is 1. The maximum Gasteiger partial charge on any atom is 0.183 e. The smallest absolute Gasteiger partial charge is 0.183 e. The lowest BCUT2D eigenvalue weighted by atomic mass is 9.76. The number of hydrogen-bond donors (Lipinski definition) is 0. The number of nitrogens with zero attached hydrogens (tertiary/aromatic N) is 2. The molecule has 3 aromatic rings. The van der Waals surface area contributed by atoms with Crippen molar-refractivity contribution in [3.05, 3.63) is 54.2 Å². The predicted molar refractivity (Wildman–Crippen MR) is 107 cm³/mol. The van der Waals surface area contributed by atoms with E-state index in [0.29, 0.717) is 18.0 Å². The molecular formula is C22H22N2OS. The summed E-state index contributed by atoms with van der Waals surface area (Å²) in [6.45, 7) is 3.53. The van der Waals surface area contributed by atoms with Crippen LogP contribution in [0, 0.1) is 11.8 Å². The monoisotopic (exact) mass is 362 g/mol. The number of rotatable bonds is 4. The molecule has 3 fully saturated rings. The van der Waals surface area contributed by atoms with Crippen LogP contribution in [0.5, 0.6) is 0 Å². The Bertz CT molecular complexity index is 941. The van der Waals surface area contributed by atoms with Crippen LogP contribution < -0.4 is 0 Å². The van der Waals surface area contributed by atoms with Gasteiger partial charge in [0.2, 0.25) is 0 Å². The molecule has 3 saturated heterocycles. The van der Waals surface area contributed by atoms with Gasteiger partial charge >= 0.3 is 0 Å². The summed E-state index contributed by atoms with van der Waals surface area (Å²) in [5.41, 5.74) is 3.06. The van der Waals surface area contributed by atoms with E-state index in [4.69, 9.17) is 0 Å². The molecule has 3 aliphatic rings. The zero-order valence-electron chi connectivity index (χ0n) is 14.7. The molecule has 1 aromatic heterocycles. The summed E-state index contributed by atoms with van der Waals surface area (Å²) >= 11 is 1.45. The Morgan fingerprint density at radius 1 is 1.08 bits per heavy atom. The number of fused-ring (bicyclic) bond motifs is 4. The van der Waals surface area contributed by atoms with Gasteiger partial charge < -0.3 is 4.90 Å². The number of hydrogen-bond acceptors (Lipinski definition) is 4. The first kappa shape index (κ1) is 16.2. The Kier molecular flexibility index (Phi) is 4.10. The van der Waals surface area contributed by atoms with Crippen molar-refractivity contribution in [2.75, 3.05) is 19.6 Å². The summed E-state index contributed by atoms with van der Waals surface area (Å²) in [6.07, 6.45) is 3.17. The molecule has 0 spiro atoms. The Labute approximate surface area is 157 Å². The average Bonchev–Trinajstić information content (AvgIpc) is 3.13. The quantitative estimate of drug-likeness (QED) is 0.620. The van der Waals surface area contributed by atoms with Gasteiger partial charge in [-0.25, -0.2) is 0 Å². The second-order valence-corrected chi connectivity index (χ2v) is 8.44. The van der Waals surface area contributed by atoms with Crippen LogP contribution in [-0.4, -0.2) is 34.7 Å². The van der Waals surface area contributed by atoms with Crippen LogP contribution in [0.15, 0.2) is 48.5 Å². The van der Waals surface area contributed by atoms with Gasteiger partial charge in [-0.15, -0.1) is 0 Å². The summed E-state index contributed by atoms with van der Waals surface area (Å²) in [5, 5.41) is 1.01. The van der Waals surface area contributed by atoms with Crippen molar-refractivity contribution < 1.29 is 4.79 Å². The summed E-state index contributed by atoms with van der Waals surface area (Å²) in [7, 11) is 0. The number of aromatic nitrogens is 1. The molecular weight excluding hydrogens is 340 g/mol. The molecule has 3 nitrogen and oxygen atoms in total. The normalized spacial score (nSPS) is 24.8. The van der Waals surface area contributed by atoms with Gasteiger partial charge in [-0.1, -0.05) is 42.5 Å². The maximum absolute atomic E-state index is 12.9. The number of carbonyl (C=O) groups is 1. The van der Waals surface area contributed by atoms with Crippen molar-refractivity contribution >= 4 is 27.4 Å². The molecule has 2 aromatic carbocycles. The maximum atomic E-state index is 12.9. The molecule has 0 N–H and O–H groups in total. The Hall–Kier alpha value is -2.04. The van der Waals surface area contributed by atoms with Gasteiger partial charge in [0, 0.05) is 18.4 Å². The van der Waals surface area contributed by atoms with E-state index in [1.54, 1.807) is 0 Å². The molecule has 132 valence electrons. The van der Waals surface area contributed by atoms with Crippen LogP contribution in [0.2, 0.25) is 0 Å². The lowest BCUT2D eigenvalue weighted by Crippen LogP contribution is -2.47. The van der Waals surface area contributed by atoms with E-state index in [1.807, 2.05) is 6.07 Å². The molecule has 3 aliphatic heterocycles. The first-order valence-corrected chi connectivity index (χ1v) is 10.3. The minimum atomic E-state index is 0.225. The van der Waals surface area contributed by atoms with E-state index in [2.05, 4.69) is 51.7 Å². The average molecular weight is 362 g/mol. The molecule has 0 aliphatic carbocycles. The Balaban J connectivity index is 1.40. The minimum Gasteiger partial charge on any atom is -0.303 e. The van der Waals surface area contributed by atoms with Gasteiger partial charge in [0.25, 0.3) is 0 Å². The molecule has 0 unspecified atom stereocenters. The highest BCUT2D eigenvalue weighted by Gasteiger charge is 2.35. The molecule has 26 heavy (non-hydrogen) atoms. The Morgan fingerprint density at radius 3 is 2.62 bits per heavy atom. The van der Waals surface area contributed by atoms with Crippen molar-refractivity contribution in [2.45, 2.75) is 19.3 Å². The van der Waals surface area contributed by atoms with Gasteiger partial charge in [-0.3, -0.25) is 4.79 Å². The van der Waals surface area contributed by atoms with Crippen molar-refractivity contribution in [3.8, 4) is 11.1 Å². The molecule has 0 radical (unpaired) electrons. The fraction of sp³-hybridized carbons (Fsp3) is 0.364. The molecule has 0 amide bonds. The van der Waals surface area contributed by atoms with Crippen LogP contribution in [-0.2, 0) is 0 Å². The van der Waals surface area contributed by atoms with Crippen LogP contribution in [0.3, 0.4) is 0 Å². The van der Waals surface area contributed by atoms with Crippen molar-refractivity contribution in [1.29, 1.82) is 0 Å². The van der Waals surface area contributed by atoms with E-state index in [0.717, 1.165) is 22.5 Å². The van der Waals surface area contributed by atoms with Gasteiger partial charge in [0.15, 0.2) is 5.78 Å². The zero-order valence-corrected chi connectivity index (χ0v) is 15.5. The third kappa shape index (κ3) is 2.87. The molecule has 4 heteroatoms. The highest BCUT2D eigenvalue weighted by Crippen LogP contribution is 2.36.